The van der Waals surface area contributed by atoms with E-state index in [1.165, 1.54) is 3.57 Å². The molecule has 1 aromatic heterocycles. The maximum atomic E-state index is 3.93. The van der Waals surface area contributed by atoms with E-state index in [-0.39, 0.29) is 21.5 Å². The van der Waals surface area contributed by atoms with Crippen molar-refractivity contribution in [1.29, 1.82) is 0 Å². The van der Waals surface area contributed by atoms with Crippen LogP contribution in [0.4, 0.5) is 0 Å². The first-order chi connectivity index (χ1) is 5.95. The van der Waals surface area contributed by atoms with Gasteiger partial charge in [-0.2, -0.15) is 0 Å². The van der Waals surface area contributed by atoms with Gasteiger partial charge in [0.2, 0.25) is 0 Å². The van der Waals surface area contributed by atoms with Crippen molar-refractivity contribution >= 4 is 0 Å². The van der Waals surface area contributed by atoms with Crippen molar-refractivity contribution < 1.29 is 21.5 Å². The van der Waals surface area contributed by atoms with Crippen LogP contribution >= 0.6 is 0 Å². The quantitative estimate of drug-likeness (QED) is 0.592. The summed E-state index contributed by atoms with van der Waals surface area (Å²) in [5.74, 6) is 0. The molecule has 0 fully saturated rings. The molecule has 4 heteroatoms. The number of halogens is 1. The normalized spacial score (nSPS) is 10.3. The number of benzene rings is 1. The van der Waals surface area contributed by atoms with E-state index in [1.807, 2.05) is 27.3 Å². The molecule has 1 heterocycles. The van der Waals surface area contributed by atoms with Gasteiger partial charge >= 0.3 is 81.0 Å². The van der Waals surface area contributed by atoms with Crippen molar-refractivity contribution in [2.75, 3.05) is 0 Å². The molecular weight excluding hydrogens is 265 g/mol. The van der Waals surface area contributed by atoms with Gasteiger partial charge in [-0.3, -0.25) is 0 Å². The molecule has 1 aromatic carbocycles. The number of hydrogen-bond acceptors (Lipinski definition) is 2. The van der Waals surface area contributed by atoms with Gasteiger partial charge in [-0.15, -0.1) is 0 Å². The third-order valence-corrected chi connectivity index (χ3v) is 3.60. The summed E-state index contributed by atoms with van der Waals surface area (Å²) >= 11 is -0.191. The fourth-order valence-electron chi connectivity index (χ4n) is 0.810. The third-order valence-electron chi connectivity index (χ3n) is 1.31. The average molecular weight is 272 g/mol. The number of aromatic nitrogens is 3. The summed E-state index contributed by atoms with van der Waals surface area (Å²) in [4.78, 5) is 0. The van der Waals surface area contributed by atoms with Crippen LogP contribution in [0.25, 0.3) is 0 Å². The van der Waals surface area contributed by atoms with Crippen molar-refractivity contribution in [1.82, 2.24) is 13.2 Å². The van der Waals surface area contributed by atoms with Crippen molar-refractivity contribution in [3.63, 3.8) is 0 Å². The first-order valence-corrected chi connectivity index (χ1v) is 5.56. The summed E-state index contributed by atoms with van der Waals surface area (Å²) in [6.07, 6.45) is 3.61. The van der Waals surface area contributed by atoms with E-state index in [9.17, 15) is 0 Å². The van der Waals surface area contributed by atoms with Gasteiger partial charge in [0.1, 0.15) is 0 Å². The molecule has 62 valence electrons. The molecule has 0 N–H and O–H groups in total. The molecule has 0 spiro atoms. The first kappa shape index (κ1) is 7.72. The molecule has 0 aliphatic rings. The zero-order chi connectivity index (χ0) is 8.23. The molecule has 0 amide bonds. The predicted molar refractivity (Wildman–Crippen MR) is 40.6 cm³/mol. The molecule has 3 nitrogen and oxygen atoms in total. The van der Waals surface area contributed by atoms with Crippen LogP contribution in [0.3, 0.4) is 0 Å². The van der Waals surface area contributed by atoms with E-state index in [0.29, 0.717) is 0 Å². The second-order valence-corrected chi connectivity index (χ2v) is 4.89. The molecule has 0 atom stereocenters. The van der Waals surface area contributed by atoms with E-state index >= 15 is 0 Å². The molecule has 0 saturated heterocycles. The maximum absolute atomic E-state index is 3.93. The van der Waals surface area contributed by atoms with E-state index in [1.54, 1.807) is 6.20 Å². The summed E-state index contributed by atoms with van der Waals surface area (Å²) in [7, 11) is 0. The fourth-order valence-corrected chi connectivity index (χ4v) is 2.63. The SMILES string of the molecule is c1ccc([I-]n2ccnn2)cc1. The van der Waals surface area contributed by atoms with Crippen LogP contribution in [-0.4, -0.2) is 13.2 Å². The molecule has 2 rings (SSSR count). The molecule has 0 aliphatic heterocycles. The molecule has 0 saturated carbocycles. The van der Waals surface area contributed by atoms with Gasteiger partial charge in [0.25, 0.3) is 0 Å². The Morgan fingerprint density at radius 2 is 2.00 bits per heavy atom. The van der Waals surface area contributed by atoms with Crippen molar-refractivity contribution in [3.8, 4) is 0 Å². The van der Waals surface area contributed by atoms with Crippen LogP contribution in [0, 0.1) is 3.57 Å². The Morgan fingerprint density at radius 3 is 2.67 bits per heavy atom. The van der Waals surface area contributed by atoms with Gasteiger partial charge in [-0.1, -0.05) is 0 Å². The molecule has 0 bridgehead atoms. The Kier molecular flexibility index (Phi) is 2.36. The number of nitrogens with zero attached hydrogens (tertiary/aromatic N) is 3. The Labute approximate surface area is 81.0 Å². The molecule has 0 unspecified atom stereocenters. The van der Waals surface area contributed by atoms with Crippen LogP contribution in [0.1, 0.15) is 0 Å². The number of rotatable bonds is 2. The Hall–Kier alpha value is -0.910. The summed E-state index contributed by atoms with van der Waals surface area (Å²) in [6, 6.07) is 10.4. The zero-order valence-corrected chi connectivity index (χ0v) is 8.42. The van der Waals surface area contributed by atoms with Crippen LogP contribution < -0.4 is 21.5 Å². The van der Waals surface area contributed by atoms with Gasteiger partial charge in [-0.25, -0.2) is 0 Å². The fraction of sp³-hybridized carbons (Fsp3) is 0. The zero-order valence-electron chi connectivity index (χ0n) is 6.26. The Bertz CT molecular complexity index is 330. The second kappa shape index (κ2) is 3.66. The van der Waals surface area contributed by atoms with Crippen LogP contribution in [0.5, 0.6) is 0 Å². The Balaban J connectivity index is 2.15. The van der Waals surface area contributed by atoms with Gasteiger partial charge in [-0.05, 0) is 0 Å². The topological polar surface area (TPSA) is 30.7 Å². The standard InChI is InChI=1S/C8H7IN3/c1-2-4-8(5-3-1)9-12-7-6-10-11-12/h1-7H/q-1. The van der Waals surface area contributed by atoms with E-state index in [4.69, 9.17) is 0 Å². The van der Waals surface area contributed by atoms with Gasteiger partial charge < -0.3 is 0 Å². The monoisotopic (exact) mass is 272 g/mol. The van der Waals surface area contributed by atoms with Crippen LogP contribution in [0.15, 0.2) is 42.7 Å². The van der Waals surface area contributed by atoms with Gasteiger partial charge in [0, 0.05) is 0 Å². The summed E-state index contributed by atoms with van der Waals surface area (Å²) in [5.41, 5.74) is 0. The summed E-state index contributed by atoms with van der Waals surface area (Å²) in [6.45, 7) is 0. The van der Waals surface area contributed by atoms with E-state index in [2.05, 4.69) is 22.4 Å². The van der Waals surface area contributed by atoms with E-state index < -0.39 is 0 Å². The minimum absolute atomic E-state index is 0.191. The van der Waals surface area contributed by atoms with Crippen LogP contribution in [0.2, 0.25) is 0 Å². The molecular formula is C8H7IN3-. The van der Waals surface area contributed by atoms with Crippen molar-refractivity contribution in [2.24, 2.45) is 0 Å². The molecule has 0 radical (unpaired) electrons. The second-order valence-electron chi connectivity index (χ2n) is 2.17. The summed E-state index contributed by atoms with van der Waals surface area (Å²) < 4.78 is 3.26. The Morgan fingerprint density at radius 1 is 1.17 bits per heavy atom. The third kappa shape index (κ3) is 1.82. The minimum atomic E-state index is -0.191. The van der Waals surface area contributed by atoms with Gasteiger partial charge in [0.15, 0.2) is 0 Å². The number of hydrogen-bond donors (Lipinski definition) is 0. The van der Waals surface area contributed by atoms with E-state index in [0.717, 1.165) is 0 Å². The van der Waals surface area contributed by atoms with Gasteiger partial charge in [0.05, 0.1) is 0 Å². The van der Waals surface area contributed by atoms with Crippen molar-refractivity contribution in [2.45, 2.75) is 0 Å². The predicted octanol–water partition coefficient (Wildman–Crippen LogP) is -2.00. The molecule has 0 aliphatic carbocycles. The summed E-state index contributed by atoms with van der Waals surface area (Å²) in [5, 5.41) is 7.69. The van der Waals surface area contributed by atoms with Crippen molar-refractivity contribution in [3.05, 3.63) is 46.3 Å². The first-order valence-electron chi connectivity index (χ1n) is 3.52. The van der Waals surface area contributed by atoms with Crippen LogP contribution in [-0.2, 0) is 0 Å². The molecule has 2 aromatic rings. The average Bonchev–Trinajstić information content (AvgIpc) is 2.59. The molecule has 12 heavy (non-hydrogen) atoms.